The van der Waals surface area contributed by atoms with Gasteiger partial charge in [0.2, 0.25) is 0 Å². The summed E-state index contributed by atoms with van der Waals surface area (Å²) in [6.07, 6.45) is 11.0. The van der Waals surface area contributed by atoms with Crippen LogP contribution >= 0.6 is 0 Å². The van der Waals surface area contributed by atoms with E-state index in [1.807, 2.05) is 19.1 Å². The number of halogens is 3. The lowest BCUT2D eigenvalue weighted by molar-refractivity contribution is 0.369. The molecule has 0 atom stereocenters. The SMILES string of the molecule is CCCCc1ccc(C2CCC(C=Cc3ccc(CC)c(F)c3F)CC2)c(F)c1. The molecule has 2 aromatic carbocycles. The number of allylic oxidation sites excluding steroid dienone is 1. The summed E-state index contributed by atoms with van der Waals surface area (Å²) in [5, 5.41) is 0. The maximum absolute atomic E-state index is 14.6. The summed E-state index contributed by atoms with van der Waals surface area (Å²) >= 11 is 0. The Hall–Kier alpha value is -2.03. The first-order valence-corrected chi connectivity index (χ1v) is 11.0. The molecule has 3 rings (SSSR count). The minimum absolute atomic E-state index is 0.0776. The molecule has 0 spiro atoms. The van der Waals surface area contributed by atoms with E-state index in [9.17, 15) is 13.2 Å². The topological polar surface area (TPSA) is 0 Å². The second kappa shape index (κ2) is 10.1. The van der Waals surface area contributed by atoms with E-state index >= 15 is 0 Å². The van der Waals surface area contributed by atoms with Crippen molar-refractivity contribution in [3.8, 4) is 0 Å². The van der Waals surface area contributed by atoms with Crippen molar-refractivity contribution < 1.29 is 13.2 Å². The van der Waals surface area contributed by atoms with Gasteiger partial charge in [0.05, 0.1) is 0 Å². The molecule has 0 nitrogen and oxygen atoms in total. The van der Waals surface area contributed by atoms with Crippen LogP contribution in [0.3, 0.4) is 0 Å². The second-order valence-electron chi connectivity index (χ2n) is 8.23. The zero-order chi connectivity index (χ0) is 20.8. The van der Waals surface area contributed by atoms with Crippen molar-refractivity contribution in [3.05, 3.63) is 76.1 Å². The van der Waals surface area contributed by atoms with Crippen LogP contribution < -0.4 is 0 Å². The summed E-state index contributed by atoms with van der Waals surface area (Å²) in [5.74, 6) is -1.01. The number of hydrogen-bond donors (Lipinski definition) is 0. The number of unbranched alkanes of at least 4 members (excludes halogenated alkanes) is 1. The molecule has 156 valence electrons. The molecule has 1 aliphatic carbocycles. The van der Waals surface area contributed by atoms with Crippen molar-refractivity contribution in [1.82, 2.24) is 0 Å². The normalized spacial score (nSPS) is 19.8. The molecule has 0 radical (unpaired) electrons. The third-order valence-corrected chi connectivity index (χ3v) is 6.22. The Morgan fingerprint density at radius 1 is 0.931 bits per heavy atom. The number of rotatable bonds is 7. The molecule has 0 N–H and O–H groups in total. The van der Waals surface area contributed by atoms with E-state index in [0.717, 1.165) is 56.1 Å². The summed E-state index contributed by atoms with van der Waals surface area (Å²) in [6.45, 7) is 3.95. The Bertz CT molecular complexity index is 845. The highest BCUT2D eigenvalue weighted by molar-refractivity contribution is 5.51. The summed E-state index contributed by atoms with van der Waals surface area (Å²) in [7, 11) is 0. The molecule has 2 aromatic rings. The Morgan fingerprint density at radius 3 is 2.34 bits per heavy atom. The van der Waals surface area contributed by atoms with E-state index in [2.05, 4.69) is 13.0 Å². The molecular formula is C26H31F3. The predicted octanol–water partition coefficient (Wildman–Crippen LogP) is 8.00. The monoisotopic (exact) mass is 400 g/mol. The summed E-state index contributed by atoms with van der Waals surface area (Å²) in [6, 6.07) is 9.04. The Kier molecular flexibility index (Phi) is 7.57. The predicted molar refractivity (Wildman–Crippen MR) is 114 cm³/mol. The minimum Gasteiger partial charge on any atom is -0.207 e. The highest BCUT2D eigenvalue weighted by Crippen LogP contribution is 2.38. The molecule has 0 unspecified atom stereocenters. The van der Waals surface area contributed by atoms with Gasteiger partial charge in [-0.2, -0.15) is 0 Å². The third kappa shape index (κ3) is 5.32. The van der Waals surface area contributed by atoms with E-state index in [1.54, 1.807) is 24.3 Å². The van der Waals surface area contributed by atoms with E-state index in [4.69, 9.17) is 0 Å². The fourth-order valence-electron chi connectivity index (χ4n) is 4.31. The molecule has 0 aromatic heterocycles. The molecular weight excluding hydrogens is 369 g/mol. The zero-order valence-electron chi connectivity index (χ0n) is 17.5. The molecule has 0 amide bonds. The van der Waals surface area contributed by atoms with E-state index in [1.165, 1.54) is 0 Å². The van der Waals surface area contributed by atoms with Crippen LogP contribution in [-0.4, -0.2) is 0 Å². The molecule has 0 heterocycles. The molecule has 1 aliphatic rings. The maximum Gasteiger partial charge on any atom is 0.166 e. The Morgan fingerprint density at radius 2 is 1.69 bits per heavy atom. The fourth-order valence-corrected chi connectivity index (χ4v) is 4.31. The molecule has 3 heteroatoms. The minimum atomic E-state index is -0.764. The van der Waals surface area contributed by atoms with Gasteiger partial charge in [0, 0.05) is 5.56 Å². The van der Waals surface area contributed by atoms with Crippen LogP contribution in [0.5, 0.6) is 0 Å². The maximum atomic E-state index is 14.6. The van der Waals surface area contributed by atoms with Crippen LogP contribution in [0.15, 0.2) is 36.4 Å². The average molecular weight is 401 g/mol. The fraction of sp³-hybridized carbons (Fsp3) is 0.462. The Labute approximate surface area is 172 Å². The van der Waals surface area contributed by atoms with Gasteiger partial charge in [0.1, 0.15) is 5.82 Å². The van der Waals surface area contributed by atoms with Gasteiger partial charge in [-0.15, -0.1) is 0 Å². The van der Waals surface area contributed by atoms with Gasteiger partial charge >= 0.3 is 0 Å². The van der Waals surface area contributed by atoms with E-state index in [-0.39, 0.29) is 11.7 Å². The first kappa shape index (κ1) is 21.7. The van der Waals surface area contributed by atoms with Gasteiger partial charge in [-0.3, -0.25) is 0 Å². The van der Waals surface area contributed by atoms with Crippen LogP contribution in [0.2, 0.25) is 0 Å². The van der Waals surface area contributed by atoms with Crippen LogP contribution in [0.25, 0.3) is 6.08 Å². The highest BCUT2D eigenvalue weighted by atomic mass is 19.2. The molecule has 1 fully saturated rings. The first-order valence-electron chi connectivity index (χ1n) is 11.0. The van der Waals surface area contributed by atoms with E-state index in [0.29, 0.717) is 23.5 Å². The van der Waals surface area contributed by atoms with Crippen molar-refractivity contribution in [2.45, 2.75) is 71.1 Å². The lowest BCUT2D eigenvalue weighted by Gasteiger charge is -2.27. The van der Waals surface area contributed by atoms with Gasteiger partial charge in [-0.25, -0.2) is 13.2 Å². The van der Waals surface area contributed by atoms with Crippen molar-refractivity contribution in [2.24, 2.45) is 5.92 Å². The van der Waals surface area contributed by atoms with Crippen molar-refractivity contribution in [3.63, 3.8) is 0 Å². The molecule has 1 saturated carbocycles. The molecule has 0 aliphatic heterocycles. The first-order chi connectivity index (χ1) is 14.0. The van der Waals surface area contributed by atoms with Crippen molar-refractivity contribution in [1.29, 1.82) is 0 Å². The quantitative estimate of drug-likeness (QED) is 0.442. The lowest BCUT2D eigenvalue weighted by Crippen LogP contribution is -2.13. The summed E-state index contributed by atoms with van der Waals surface area (Å²) in [5.41, 5.74) is 2.61. The third-order valence-electron chi connectivity index (χ3n) is 6.22. The van der Waals surface area contributed by atoms with Gasteiger partial charge in [-0.1, -0.05) is 56.7 Å². The summed E-state index contributed by atoms with van der Waals surface area (Å²) < 4.78 is 42.7. The largest absolute Gasteiger partial charge is 0.207 e. The van der Waals surface area contributed by atoms with Crippen LogP contribution in [0.4, 0.5) is 13.2 Å². The second-order valence-corrected chi connectivity index (χ2v) is 8.23. The molecule has 0 saturated heterocycles. The lowest BCUT2D eigenvalue weighted by atomic mass is 9.78. The number of hydrogen-bond acceptors (Lipinski definition) is 0. The summed E-state index contributed by atoms with van der Waals surface area (Å²) in [4.78, 5) is 0. The van der Waals surface area contributed by atoms with Gasteiger partial charge in [0.25, 0.3) is 0 Å². The standard InChI is InChI=1S/C26H31F3/c1-3-5-6-19-10-16-23(24(27)17-19)21-11-7-18(8-12-21)9-13-22-15-14-20(4-2)25(28)26(22)29/h9-10,13-18,21H,3-8,11-12H2,1-2H3. The van der Waals surface area contributed by atoms with Gasteiger partial charge in [-0.05, 0) is 79.5 Å². The van der Waals surface area contributed by atoms with Crippen molar-refractivity contribution in [2.75, 3.05) is 0 Å². The van der Waals surface area contributed by atoms with Crippen molar-refractivity contribution >= 4 is 6.08 Å². The smallest absolute Gasteiger partial charge is 0.166 e. The van der Waals surface area contributed by atoms with Crippen LogP contribution in [0, 0.1) is 23.4 Å². The number of aryl methyl sites for hydroxylation is 2. The van der Waals surface area contributed by atoms with Gasteiger partial charge < -0.3 is 0 Å². The highest BCUT2D eigenvalue weighted by Gasteiger charge is 2.23. The van der Waals surface area contributed by atoms with Crippen LogP contribution in [0.1, 0.15) is 80.5 Å². The zero-order valence-corrected chi connectivity index (χ0v) is 17.5. The average Bonchev–Trinajstić information content (AvgIpc) is 2.74. The molecule has 29 heavy (non-hydrogen) atoms. The molecule has 0 bridgehead atoms. The Balaban J connectivity index is 1.60. The number of benzene rings is 2. The van der Waals surface area contributed by atoms with E-state index < -0.39 is 11.6 Å². The van der Waals surface area contributed by atoms with Gasteiger partial charge in [0.15, 0.2) is 11.6 Å². The van der Waals surface area contributed by atoms with Crippen LogP contribution in [-0.2, 0) is 12.8 Å².